The first-order valence-corrected chi connectivity index (χ1v) is 6.48. The minimum atomic E-state index is -0.824. The van der Waals surface area contributed by atoms with Crippen LogP contribution in [0.2, 0.25) is 0 Å². The van der Waals surface area contributed by atoms with Gasteiger partial charge in [-0.25, -0.2) is 0 Å². The SMILES string of the molecule is Cc1oncc1C(=O)NCC1(C(=O)O)CCCCC1. The quantitative estimate of drug-likeness (QED) is 0.866. The zero-order chi connectivity index (χ0) is 13.9. The summed E-state index contributed by atoms with van der Waals surface area (Å²) in [5.41, 5.74) is -0.463. The van der Waals surface area contributed by atoms with Crippen LogP contribution in [0.4, 0.5) is 0 Å². The first kappa shape index (κ1) is 13.6. The van der Waals surface area contributed by atoms with Crippen LogP contribution < -0.4 is 5.32 Å². The van der Waals surface area contributed by atoms with Crippen molar-refractivity contribution in [3.63, 3.8) is 0 Å². The maximum absolute atomic E-state index is 11.9. The molecular weight excluding hydrogens is 248 g/mol. The summed E-state index contributed by atoms with van der Waals surface area (Å²) in [7, 11) is 0. The number of carbonyl (C=O) groups excluding carboxylic acids is 1. The fourth-order valence-corrected chi connectivity index (χ4v) is 2.56. The number of nitrogens with one attached hydrogen (secondary N) is 1. The molecule has 1 heterocycles. The van der Waals surface area contributed by atoms with Gasteiger partial charge < -0.3 is 14.9 Å². The van der Waals surface area contributed by atoms with Gasteiger partial charge in [0.2, 0.25) is 0 Å². The highest BCUT2D eigenvalue weighted by molar-refractivity contribution is 5.95. The molecule has 6 heteroatoms. The zero-order valence-corrected chi connectivity index (χ0v) is 10.9. The summed E-state index contributed by atoms with van der Waals surface area (Å²) in [6, 6.07) is 0. The fourth-order valence-electron chi connectivity index (χ4n) is 2.56. The summed E-state index contributed by atoms with van der Waals surface area (Å²) < 4.78 is 4.82. The first-order valence-electron chi connectivity index (χ1n) is 6.48. The summed E-state index contributed by atoms with van der Waals surface area (Å²) in [6.07, 6.45) is 5.44. The molecule has 1 fully saturated rings. The number of amides is 1. The van der Waals surface area contributed by atoms with Crippen LogP contribution in [-0.2, 0) is 4.79 Å². The standard InChI is InChI=1S/C13H18N2O4/c1-9-10(7-15-19-9)11(16)14-8-13(12(17)18)5-3-2-4-6-13/h7H,2-6,8H2,1H3,(H,14,16)(H,17,18). The summed E-state index contributed by atoms with van der Waals surface area (Å²) in [5, 5.41) is 15.6. The van der Waals surface area contributed by atoms with Crippen LogP contribution in [0.1, 0.15) is 48.2 Å². The van der Waals surface area contributed by atoms with E-state index in [1.807, 2.05) is 0 Å². The number of carboxylic acid groups (broad SMARTS) is 1. The molecule has 19 heavy (non-hydrogen) atoms. The molecule has 0 aromatic carbocycles. The zero-order valence-electron chi connectivity index (χ0n) is 10.9. The second kappa shape index (κ2) is 5.42. The van der Waals surface area contributed by atoms with Gasteiger partial charge in [0.25, 0.3) is 5.91 Å². The molecular formula is C13H18N2O4. The number of aromatic nitrogens is 1. The molecule has 6 nitrogen and oxygen atoms in total. The molecule has 2 N–H and O–H groups in total. The molecule has 2 rings (SSSR count). The molecule has 1 aliphatic carbocycles. The van der Waals surface area contributed by atoms with Gasteiger partial charge in [-0.2, -0.15) is 0 Å². The van der Waals surface area contributed by atoms with Gasteiger partial charge in [0, 0.05) is 6.54 Å². The number of aliphatic carboxylic acids is 1. The van der Waals surface area contributed by atoms with Gasteiger partial charge in [0.05, 0.1) is 11.6 Å². The van der Waals surface area contributed by atoms with Crippen LogP contribution >= 0.6 is 0 Å². The summed E-state index contributed by atoms with van der Waals surface area (Å²) >= 11 is 0. The monoisotopic (exact) mass is 266 g/mol. The molecule has 0 unspecified atom stereocenters. The highest BCUT2D eigenvalue weighted by atomic mass is 16.5. The molecule has 0 radical (unpaired) electrons. The van der Waals surface area contributed by atoms with E-state index in [4.69, 9.17) is 4.52 Å². The number of carboxylic acids is 1. The van der Waals surface area contributed by atoms with Crippen molar-refractivity contribution < 1.29 is 19.2 Å². The maximum Gasteiger partial charge on any atom is 0.311 e. The molecule has 0 bridgehead atoms. The van der Waals surface area contributed by atoms with Crippen molar-refractivity contribution >= 4 is 11.9 Å². The van der Waals surface area contributed by atoms with Crippen LogP contribution in [0, 0.1) is 12.3 Å². The lowest BCUT2D eigenvalue weighted by molar-refractivity contribution is -0.150. The predicted molar refractivity (Wildman–Crippen MR) is 66.7 cm³/mol. The Kier molecular flexibility index (Phi) is 3.87. The third-order valence-electron chi connectivity index (χ3n) is 3.85. The van der Waals surface area contributed by atoms with E-state index in [1.54, 1.807) is 6.92 Å². The summed E-state index contributed by atoms with van der Waals surface area (Å²) in [6.45, 7) is 1.81. The number of carbonyl (C=O) groups is 2. The van der Waals surface area contributed by atoms with Gasteiger partial charge in [-0.15, -0.1) is 0 Å². The van der Waals surface area contributed by atoms with Crippen molar-refractivity contribution in [2.75, 3.05) is 6.54 Å². The number of hydrogen-bond donors (Lipinski definition) is 2. The van der Waals surface area contributed by atoms with Crippen molar-refractivity contribution in [2.24, 2.45) is 5.41 Å². The van der Waals surface area contributed by atoms with Crippen LogP contribution in [-0.4, -0.2) is 28.7 Å². The molecule has 1 aromatic rings. The molecule has 1 aromatic heterocycles. The minimum absolute atomic E-state index is 0.159. The van der Waals surface area contributed by atoms with E-state index in [1.165, 1.54) is 6.20 Å². The number of hydrogen-bond acceptors (Lipinski definition) is 4. The number of rotatable bonds is 4. The number of aryl methyl sites for hydroxylation is 1. The maximum atomic E-state index is 11.9. The van der Waals surface area contributed by atoms with Gasteiger partial charge >= 0.3 is 5.97 Å². The third-order valence-corrected chi connectivity index (χ3v) is 3.85. The Bertz CT molecular complexity index is 475. The van der Waals surface area contributed by atoms with E-state index in [-0.39, 0.29) is 12.5 Å². The Morgan fingerprint density at radius 1 is 1.42 bits per heavy atom. The Hall–Kier alpha value is -1.85. The Morgan fingerprint density at radius 2 is 2.11 bits per heavy atom. The number of nitrogens with zero attached hydrogens (tertiary/aromatic N) is 1. The average Bonchev–Trinajstić information content (AvgIpc) is 2.83. The smallest absolute Gasteiger partial charge is 0.311 e. The molecule has 1 amide bonds. The van der Waals surface area contributed by atoms with Crippen molar-refractivity contribution in [2.45, 2.75) is 39.0 Å². The molecule has 0 atom stereocenters. The lowest BCUT2D eigenvalue weighted by Gasteiger charge is -2.33. The summed E-state index contributed by atoms with van der Waals surface area (Å²) in [5.74, 6) is -0.718. The van der Waals surface area contributed by atoms with Crippen LogP contribution in [0.25, 0.3) is 0 Å². The van der Waals surface area contributed by atoms with E-state index in [9.17, 15) is 14.7 Å². The topological polar surface area (TPSA) is 92.4 Å². The van der Waals surface area contributed by atoms with Crippen LogP contribution in [0.3, 0.4) is 0 Å². The van der Waals surface area contributed by atoms with Gasteiger partial charge in [-0.1, -0.05) is 24.4 Å². The highest BCUT2D eigenvalue weighted by Gasteiger charge is 2.39. The molecule has 1 saturated carbocycles. The van der Waals surface area contributed by atoms with Crippen molar-refractivity contribution in [1.29, 1.82) is 0 Å². The second-order valence-corrected chi connectivity index (χ2v) is 5.12. The Balaban J connectivity index is 2.02. The average molecular weight is 266 g/mol. The van der Waals surface area contributed by atoms with Crippen molar-refractivity contribution in [1.82, 2.24) is 10.5 Å². The largest absolute Gasteiger partial charge is 0.481 e. The van der Waals surface area contributed by atoms with Crippen molar-refractivity contribution in [3.8, 4) is 0 Å². The third kappa shape index (κ3) is 2.77. The molecule has 0 aliphatic heterocycles. The normalized spacial score (nSPS) is 17.9. The van der Waals surface area contributed by atoms with Crippen LogP contribution in [0.15, 0.2) is 10.7 Å². The molecule has 1 aliphatic rings. The van der Waals surface area contributed by atoms with E-state index >= 15 is 0 Å². The fraction of sp³-hybridized carbons (Fsp3) is 0.615. The van der Waals surface area contributed by atoms with Crippen molar-refractivity contribution in [3.05, 3.63) is 17.5 Å². The molecule has 104 valence electrons. The predicted octanol–water partition coefficient (Wildman–Crippen LogP) is 1.75. The van der Waals surface area contributed by atoms with E-state index in [2.05, 4.69) is 10.5 Å². The second-order valence-electron chi connectivity index (χ2n) is 5.12. The highest BCUT2D eigenvalue weighted by Crippen LogP contribution is 2.36. The Labute approximate surface area is 111 Å². The Morgan fingerprint density at radius 3 is 2.63 bits per heavy atom. The van der Waals surface area contributed by atoms with Gasteiger partial charge in [0.15, 0.2) is 0 Å². The summed E-state index contributed by atoms with van der Waals surface area (Å²) in [4.78, 5) is 23.4. The first-order chi connectivity index (χ1) is 9.05. The van der Waals surface area contributed by atoms with Gasteiger partial charge in [0.1, 0.15) is 11.3 Å². The van der Waals surface area contributed by atoms with Gasteiger partial charge in [-0.3, -0.25) is 9.59 Å². The lowest BCUT2D eigenvalue weighted by Crippen LogP contribution is -2.44. The molecule has 0 saturated heterocycles. The minimum Gasteiger partial charge on any atom is -0.481 e. The van der Waals surface area contributed by atoms with Gasteiger partial charge in [-0.05, 0) is 19.8 Å². The molecule has 0 spiro atoms. The van der Waals surface area contributed by atoms with Crippen LogP contribution in [0.5, 0.6) is 0 Å². The lowest BCUT2D eigenvalue weighted by atomic mass is 9.74. The van der Waals surface area contributed by atoms with E-state index in [0.29, 0.717) is 24.2 Å². The van der Waals surface area contributed by atoms with E-state index in [0.717, 1.165) is 19.3 Å². The van der Waals surface area contributed by atoms with E-state index < -0.39 is 11.4 Å².